The number of anilines is 1. The monoisotopic (exact) mass is 365 g/mol. The lowest BCUT2D eigenvalue weighted by molar-refractivity contribution is -0.856. The molecule has 0 radical (unpaired) electrons. The van der Waals surface area contributed by atoms with Crippen molar-refractivity contribution in [3.05, 3.63) is 40.3 Å². The minimum absolute atomic E-state index is 0.178. The maximum atomic E-state index is 9.09. The van der Waals surface area contributed by atoms with E-state index in [2.05, 4.69) is 40.3 Å². The number of aromatic nitrogens is 1. The molecule has 1 aromatic carbocycles. The molecule has 0 unspecified atom stereocenters. The molecule has 0 saturated carbocycles. The van der Waals surface area contributed by atoms with Crippen LogP contribution in [0.1, 0.15) is 11.6 Å². The van der Waals surface area contributed by atoms with Gasteiger partial charge in [0.1, 0.15) is 11.8 Å². The molecular formula is C15H18BrN4O2+. The summed E-state index contributed by atoms with van der Waals surface area (Å²) in [5.41, 5.74) is 0.253. The topological polar surface area (TPSA) is 75.5 Å². The van der Waals surface area contributed by atoms with E-state index in [1.807, 2.05) is 30.3 Å². The van der Waals surface area contributed by atoms with Gasteiger partial charge in [-0.25, -0.2) is 0 Å². The summed E-state index contributed by atoms with van der Waals surface area (Å²) in [6, 6.07) is 9.49. The second-order valence-corrected chi connectivity index (χ2v) is 5.94. The quantitative estimate of drug-likeness (QED) is 0.776. The highest BCUT2D eigenvalue weighted by molar-refractivity contribution is 9.10. The van der Waals surface area contributed by atoms with Gasteiger partial charge in [0.15, 0.2) is 6.61 Å². The maximum Gasteiger partial charge on any atom is 0.236 e. The van der Waals surface area contributed by atoms with Crippen molar-refractivity contribution in [1.29, 1.82) is 5.26 Å². The molecule has 1 heterocycles. The smallest absolute Gasteiger partial charge is 0.236 e. The standard InChI is InChI=1S/C15H17BrN4O2/c1-20(2)8-7-18-15-13(9-17)19-14(22-15)10-21-12-5-3-11(16)4-6-12/h3-6,18H,7-8,10H2,1-2H3/p+1. The van der Waals surface area contributed by atoms with Crippen molar-refractivity contribution in [3.63, 3.8) is 0 Å². The lowest BCUT2D eigenvalue weighted by Gasteiger charge is -2.07. The Balaban J connectivity index is 1.95. The number of oxazole rings is 1. The van der Waals surface area contributed by atoms with Crippen molar-refractivity contribution in [3.8, 4) is 11.8 Å². The predicted molar refractivity (Wildman–Crippen MR) is 85.9 cm³/mol. The number of quaternary nitrogens is 1. The normalized spacial score (nSPS) is 10.5. The second-order valence-electron chi connectivity index (χ2n) is 5.02. The highest BCUT2D eigenvalue weighted by Crippen LogP contribution is 2.20. The zero-order chi connectivity index (χ0) is 15.9. The van der Waals surface area contributed by atoms with Crippen LogP contribution in [0, 0.1) is 11.3 Å². The summed E-state index contributed by atoms with van der Waals surface area (Å²) in [7, 11) is 4.12. The van der Waals surface area contributed by atoms with E-state index in [1.54, 1.807) is 0 Å². The molecule has 2 rings (SSSR count). The summed E-state index contributed by atoms with van der Waals surface area (Å²) in [5.74, 6) is 1.49. The zero-order valence-corrected chi connectivity index (χ0v) is 14.1. The van der Waals surface area contributed by atoms with Gasteiger partial charge in [0, 0.05) is 4.47 Å². The molecule has 1 aromatic heterocycles. The van der Waals surface area contributed by atoms with Gasteiger partial charge in [0.05, 0.1) is 27.2 Å². The number of hydrogen-bond donors (Lipinski definition) is 2. The first-order valence-corrected chi connectivity index (χ1v) is 7.69. The number of rotatable bonds is 7. The molecule has 0 aliphatic heterocycles. The first-order chi connectivity index (χ1) is 10.6. The largest absolute Gasteiger partial charge is 0.484 e. The van der Waals surface area contributed by atoms with E-state index in [0.29, 0.717) is 24.1 Å². The van der Waals surface area contributed by atoms with Crippen molar-refractivity contribution in [2.75, 3.05) is 32.5 Å². The number of halogens is 1. The average molecular weight is 366 g/mol. The molecule has 116 valence electrons. The number of nitrogens with one attached hydrogen (secondary N) is 2. The highest BCUT2D eigenvalue weighted by atomic mass is 79.9. The lowest BCUT2D eigenvalue weighted by atomic mass is 10.3. The van der Waals surface area contributed by atoms with E-state index >= 15 is 0 Å². The summed E-state index contributed by atoms with van der Waals surface area (Å²) < 4.78 is 12.1. The summed E-state index contributed by atoms with van der Waals surface area (Å²) >= 11 is 3.37. The Hall–Kier alpha value is -2.04. The van der Waals surface area contributed by atoms with Gasteiger partial charge in [-0.3, -0.25) is 0 Å². The molecule has 0 atom stereocenters. The van der Waals surface area contributed by atoms with Gasteiger partial charge in [0.25, 0.3) is 0 Å². The predicted octanol–water partition coefficient (Wildman–Crippen LogP) is 1.44. The van der Waals surface area contributed by atoms with Crippen molar-refractivity contribution in [2.24, 2.45) is 0 Å². The molecule has 0 aliphatic rings. The minimum atomic E-state index is 0.178. The first-order valence-electron chi connectivity index (χ1n) is 6.89. The zero-order valence-electron chi connectivity index (χ0n) is 12.5. The Bertz CT molecular complexity index is 647. The highest BCUT2D eigenvalue weighted by Gasteiger charge is 2.13. The Morgan fingerprint density at radius 2 is 2.09 bits per heavy atom. The molecule has 0 bridgehead atoms. The van der Waals surface area contributed by atoms with Crippen LogP contribution in [-0.2, 0) is 6.61 Å². The molecule has 2 aromatic rings. The summed E-state index contributed by atoms with van der Waals surface area (Å²) in [6.45, 7) is 1.80. The number of benzene rings is 1. The molecule has 0 spiro atoms. The average Bonchev–Trinajstić information content (AvgIpc) is 2.89. The maximum absolute atomic E-state index is 9.09. The Morgan fingerprint density at radius 1 is 1.36 bits per heavy atom. The van der Waals surface area contributed by atoms with Crippen LogP contribution in [0.2, 0.25) is 0 Å². The fourth-order valence-electron chi connectivity index (χ4n) is 1.72. The summed E-state index contributed by atoms with van der Waals surface area (Å²) in [5, 5.41) is 12.2. The van der Waals surface area contributed by atoms with Gasteiger partial charge in [0.2, 0.25) is 17.5 Å². The molecule has 0 fully saturated rings. The Kier molecular flexibility index (Phi) is 5.81. The number of likely N-dealkylation sites (N-methyl/N-ethyl adjacent to an activating group) is 1. The Labute approximate surface area is 137 Å². The van der Waals surface area contributed by atoms with Crippen molar-refractivity contribution < 1.29 is 14.1 Å². The van der Waals surface area contributed by atoms with Crippen molar-refractivity contribution in [1.82, 2.24) is 4.98 Å². The van der Waals surface area contributed by atoms with Gasteiger partial charge in [-0.05, 0) is 24.3 Å². The van der Waals surface area contributed by atoms with Gasteiger partial charge >= 0.3 is 0 Å². The van der Waals surface area contributed by atoms with E-state index in [1.165, 1.54) is 4.90 Å². The molecular weight excluding hydrogens is 348 g/mol. The van der Waals surface area contributed by atoms with Crippen LogP contribution in [0.15, 0.2) is 33.2 Å². The molecule has 6 nitrogen and oxygen atoms in total. The van der Waals surface area contributed by atoms with E-state index < -0.39 is 0 Å². The van der Waals surface area contributed by atoms with Crippen LogP contribution in [-0.4, -0.2) is 32.2 Å². The van der Waals surface area contributed by atoms with Crippen LogP contribution >= 0.6 is 15.9 Å². The number of hydrogen-bond acceptors (Lipinski definition) is 5. The van der Waals surface area contributed by atoms with E-state index in [-0.39, 0.29) is 12.3 Å². The van der Waals surface area contributed by atoms with Crippen LogP contribution in [0.3, 0.4) is 0 Å². The van der Waals surface area contributed by atoms with Crippen molar-refractivity contribution >= 4 is 21.8 Å². The van der Waals surface area contributed by atoms with Gasteiger partial charge in [-0.2, -0.15) is 10.2 Å². The van der Waals surface area contributed by atoms with Gasteiger partial charge < -0.3 is 19.4 Å². The molecule has 0 amide bonds. The van der Waals surface area contributed by atoms with Gasteiger partial charge in [-0.15, -0.1) is 0 Å². The fraction of sp³-hybridized carbons (Fsp3) is 0.333. The molecule has 7 heteroatoms. The number of ether oxygens (including phenoxy) is 1. The third kappa shape index (κ3) is 4.76. The molecule has 0 aliphatic carbocycles. The number of nitriles is 1. The SMILES string of the molecule is C[NH+](C)CCNc1oc(COc2ccc(Br)cc2)nc1C#N. The van der Waals surface area contributed by atoms with E-state index in [0.717, 1.165) is 11.0 Å². The van der Waals surface area contributed by atoms with Crippen molar-refractivity contribution in [2.45, 2.75) is 6.61 Å². The minimum Gasteiger partial charge on any atom is -0.484 e. The van der Waals surface area contributed by atoms with E-state index in [4.69, 9.17) is 14.4 Å². The summed E-state index contributed by atoms with van der Waals surface area (Å²) in [6.07, 6.45) is 0. The molecule has 2 N–H and O–H groups in total. The summed E-state index contributed by atoms with van der Waals surface area (Å²) in [4.78, 5) is 5.44. The van der Waals surface area contributed by atoms with Crippen LogP contribution in [0.4, 0.5) is 5.88 Å². The van der Waals surface area contributed by atoms with Crippen LogP contribution < -0.4 is 15.0 Å². The number of nitrogens with zero attached hydrogens (tertiary/aromatic N) is 2. The third-order valence-corrected chi connectivity index (χ3v) is 3.39. The van der Waals surface area contributed by atoms with Crippen LogP contribution in [0.25, 0.3) is 0 Å². The Morgan fingerprint density at radius 3 is 2.73 bits per heavy atom. The molecule has 22 heavy (non-hydrogen) atoms. The van der Waals surface area contributed by atoms with E-state index in [9.17, 15) is 0 Å². The fourth-order valence-corrected chi connectivity index (χ4v) is 1.99. The first kappa shape index (κ1) is 16.3. The second kappa shape index (κ2) is 7.82. The molecule has 0 saturated heterocycles. The lowest BCUT2D eigenvalue weighted by Crippen LogP contribution is -3.06. The van der Waals surface area contributed by atoms with Crippen LogP contribution in [0.5, 0.6) is 5.75 Å². The van der Waals surface area contributed by atoms with Gasteiger partial charge in [-0.1, -0.05) is 15.9 Å². The third-order valence-electron chi connectivity index (χ3n) is 2.86.